The minimum absolute atomic E-state index is 0.00317. The minimum Gasteiger partial charge on any atom is -0.396 e. The van der Waals surface area contributed by atoms with Crippen molar-refractivity contribution in [1.82, 2.24) is 15.2 Å². The van der Waals surface area contributed by atoms with E-state index >= 15 is 0 Å². The van der Waals surface area contributed by atoms with Crippen LogP contribution in [0.25, 0.3) is 0 Å². The summed E-state index contributed by atoms with van der Waals surface area (Å²) in [6.45, 7) is 3.30. The maximum absolute atomic E-state index is 11.3. The lowest BCUT2D eigenvalue weighted by Crippen LogP contribution is -2.42. The van der Waals surface area contributed by atoms with Crippen molar-refractivity contribution in [2.24, 2.45) is 0 Å². The van der Waals surface area contributed by atoms with Crippen LogP contribution in [0.4, 0.5) is 4.79 Å². The molecule has 0 aliphatic rings. The van der Waals surface area contributed by atoms with Crippen LogP contribution in [0.5, 0.6) is 0 Å². The molecule has 0 aromatic carbocycles. The van der Waals surface area contributed by atoms with Crippen LogP contribution in [0.2, 0.25) is 0 Å². The molecule has 5 nitrogen and oxygen atoms in total. The van der Waals surface area contributed by atoms with Crippen molar-refractivity contribution < 1.29 is 9.90 Å². The number of carbonyl (C=O) groups is 1. The van der Waals surface area contributed by atoms with E-state index in [9.17, 15) is 4.79 Å². The monoisotopic (exact) mass is 225 g/mol. The number of urea groups is 1. The summed E-state index contributed by atoms with van der Waals surface area (Å²) >= 11 is 0. The van der Waals surface area contributed by atoms with E-state index in [0.29, 0.717) is 13.0 Å². The number of carbonyl (C=O) groups excluding carboxylic acids is 1. The molecule has 2 amide bonds. The molecule has 0 saturated carbocycles. The summed E-state index contributed by atoms with van der Waals surface area (Å²) in [7, 11) is 0. The van der Waals surface area contributed by atoms with E-state index in [1.54, 1.807) is 0 Å². The Morgan fingerprint density at radius 1 is 1.44 bits per heavy atom. The van der Waals surface area contributed by atoms with Crippen LogP contribution >= 0.6 is 0 Å². The first-order chi connectivity index (χ1) is 7.72. The standard InChI is InChI=1S/C11H19N3O2/c1-10(4-9-15)13-11(16)12-5-8-14-6-2-3-7-14/h2-3,6-7,10,15H,4-5,8-9H2,1H3,(H2,12,13,16)/t10-/m1/s1. The van der Waals surface area contributed by atoms with E-state index in [0.717, 1.165) is 6.54 Å². The van der Waals surface area contributed by atoms with Gasteiger partial charge < -0.3 is 20.3 Å². The molecule has 1 heterocycles. The number of rotatable bonds is 6. The highest BCUT2D eigenvalue weighted by Crippen LogP contribution is 1.89. The van der Waals surface area contributed by atoms with Crippen molar-refractivity contribution in [3.8, 4) is 0 Å². The van der Waals surface area contributed by atoms with Crippen LogP contribution in [-0.2, 0) is 6.54 Å². The number of hydrogen-bond acceptors (Lipinski definition) is 2. The van der Waals surface area contributed by atoms with Gasteiger partial charge in [0.25, 0.3) is 0 Å². The van der Waals surface area contributed by atoms with Gasteiger partial charge in [-0.3, -0.25) is 0 Å². The van der Waals surface area contributed by atoms with Crippen molar-refractivity contribution in [3.05, 3.63) is 24.5 Å². The Hall–Kier alpha value is -1.49. The van der Waals surface area contributed by atoms with Gasteiger partial charge in [0.2, 0.25) is 0 Å². The molecule has 0 bridgehead atoms. The number of aliphatic hydroxyl groups is 1. The van der Waals surface area contributed by atoms with E-state index in [4.69, 9.17) is 5.11 Å². The first-order valence-electron chi connectivity index (χ1n) is 5.48. The molecule has 0 saturated heterocycles. The Morgan fingerprint density at radius 2 is 2.12 bits per heavy atom. The number of hydrogen-bond donors (Lipinski definition) is 3. The van der Waals surface area contributed by atoms with E-state index in [-0.39, 0.29) is 18.7 Å². The zero-order valence-electron chi connectivity index (χ0n) is 9.52. The van der Waals surface area contributed by atoms with Gasteiger partial charge in [-0.1, -0.05) is 0 Å². The van der Waals surface area contributed by atoms with E-state index in [1.165, 1.54) is 0 Å². The average Bonchev–Trinajstić information content (AvgIpc) is 2.70. The second kappa shape index (κ2) is 6.90. The zero-order valence-corrected chi connectivity index (χ0v) is 9.52. The summed E-state index contributed by atoms with van der Waals surface area (Å²) in [5, 5.41) is 14.2. The van der Waals surface area contributed by atoms with Gasteiger partial charge in [0, 0.05) is 38.1 Å². The Kier molecular flexibility index (Phi) is 5.42. The minimum atomic E-state index is -0.187. The number of nitrogens with zero attached hydrogens (tertiary/aromatic N) is 1. The number of aromatic nitrogens is 1. The molecule has 1 aromatic heterocycles. The van der Waals surface area contributed by atoms with Crippen molar-refractivity contribution in [2.45, 2.75) is 25.9 Å². The molecular formula is C11H19N3O2. The molecule has 1 atom stereocenters. The molecule has 1 aromatic rings. The SMILES string of the molecule is C[C@H](CCO)NC(=O)NCCn1cccc1. The maximum atomic E-state index is 11.3. The van der Waals surface area contributed by atoms with Gasteiger partial charge in [0.05, 0.1) is 0 Å². The van der Waals surface area contributed by atoms with Crippen molar-refractivity contribution in [1.29, 1.82) is 0 Å². The van der Waals surface area contributed by atoms with Gasteiger partial charge in [-0.15, -0.1) is 0 Å². The zero-order chi connectivity index (χ0) is 11.8. The molecule has 0 spiro atoms. The number of nitrogens with one attached hydrogen (secondary N) is 2. The third kappa shape index (κ3) is 4.84. The van der Waals surface area contributed by atoms with Gasteiger partial charge >= 0.3 is 6.03 Å². The highest BCUT2D eigenvalue weighted by molar-refractivity contribution is 5.74. The lowest BCUT2D eigenvalue weighted by atomic mass is 10.2. The van der Waals surface area contributed by atoms with E-state index < -0.39 is 0 Å². The van der Waals surface area contributed by atoms with Crippen LogP contribution in [0.15, 0.2) is 24.5 Å². The first-order valence-corrected chi connectivity index (χ1v) is 5.48. The normalized spacial score (nSPS) is 12.1. The third-order valence-corrected chi connectivity index (χ3v) is 2.26. The highest BCUT2D eigenvalue weighted by Gasteiger charge is 2.04. The highest BCUT2D eigenvalue weighted by atomic mass is 16.3. The van der Waals surface area contributed by atoms with Crippen molar-refractivity contribution in [3.63, 3.8) is 0 Å². The fourth-order valence-electron chi connectivity index (χ4n) is 1.36. The Labute approximate surface area is 95.5 Å². The second-order valence-electron chi connectivity index (χ2n) is 3.73. The lowest BCUT2D eigenvalue weighted by Gasteiger charge is -2.13. The Bertz CT molecular complexity index is 298. The lowest BCUT2D eigenvalue weighted by molar-refractivity contribution is 0.230. The summed E-state index contributed by atoms with van der Waals surface area (Å²) in [4.78, 5) is 11.3. The summed E-state index contributed by atoms with van der Waals surface area (Å²) in [6.07, 6.45) is 4.48. The maximum Gasteiger partial charge on any atom is 0.315 e. The molecule has 16 heavy (non-hydrogen) atoms. The third-order valence-electron chi connectivity index (χ3n) is 2.26. The second-order valence-corrected chi connectivity index (χ2v) is 3.73. The predicted octanol–water partition coefficient (Wildman–Crippen LogP) is 0.558. The van der Waals surface area contributed by atoms with Crippen molar-refractivity contribution >= 4 is 6.03 Å². The van der Waals surface area contributed by atoms with Crippen LogP contribution in [0.3, 0.4) is 0 Å². The molecule has 0 aliphatic heterocycles. The van der Waals surface area contributed by atoms with Crippen LogP contribution in [0.1, 0.15) is 13.3 Å². The molecule has 1 rings (SSSR count). The van der Waals surface area contributed by atoms with Crippen LogP contribution in [-0.4, -0.2) is 34.9 Å². The van der Waals surface area contributed by atoms with Crippen LogP contribution in [0, 0.1) is 0 Å². The summed E-state index contributed by atoms with van der Waals surface area (Å²) in [5.74, 6) is 0. The summed E-state index contributed by atoms with van der Waals surface area (Å²) < 4.78 is 2.00. The number of aliphatic hydroxyl groups excluding tert-OH is 1. The van der Waals surface area contributed by atoms with Gasteiger partial charge in [-0.2, -0.15) is 0 Å². The molecule has 0 radical (unpaired) electrons. The van der Waals surface area contributed by atoms with E-state index in [2.05, 4.69) is 10.6 Å². The quantitative estimate of drug-likeness (QED) is 0.662. The van der Waals surface area contributed by atoms with Crippen LogP contribution < -0.4 is 10.6 Å². The van der Waals surface area contributed by atoms with Gasteiger partial charge in [-0.25, -0.2) is 4.79 Å². The van der Waals surface area contributed by atoms with Crippen molar-refractivity contribution in [2.75, 3.05) is 13.2 Å². The van der Waals surface area contributed by atoms with Gasteiger partial charge in [0.1, 0.15) is 0 Å². The fraction of sp³-hybridized carbons (Fsp3) is 0.545. The fourth-order valence-corrected chi connectivity index (χ4v) is 1.36. The first kappa shape index (κ1) is 12.6. The molecular weight excluding hydrogens is 206 g/mol. The molecule has 90 valence electrons. The van der Waals surface area contributed by atoms with Gasteiger partial charge in [0.15, 0.2) is 0 Å². The smallest absolute Gasteiger partial charge is 0.315 e. The number of amides is 2. The summed E-state index contributed by atoms with van der Waals surface area (Å²) in [5.41, 5.74) is 0. The molecule has 3 N–H and O–H groups in total. The molecule has 0 unspecified atom stereocenters. The molecule has 0 aliphatic carbocycles. The molecule has 5 heteroatoms. The van der Waals surface area contributed by atoms with Gasteiger partial charge in [-0.05, 0) is 25.5 Å². The largest absolute Gasteiger partial charge is 0.396 e. The Morgan fingerprint density at radius 3 is 2.75 bits per heavy atom. The molecule has 0 fully saturated rings. The topological polar surface area (TPSA) is 66.3 Å². The van der Waals surface area contributed by atoms with E-state index in [1.807, 2.05) is 36.0 Å². The summed E-state index contributed by atoms with van der Waals surface area (Å²) in [6, 6.07) is 3.71. The Balaban J connectivity index is 2.10. The predicted molar refractivity (Wildman–Crippen MR) is 62.1 cm³/mol. The average molecular weight is 225 g/mol.